The van der Waals surface area contributed by atoms with Crippen LogP contribution in [0.3, 0.4) is 0 Å². The van der Waals surface area contributed by atoms with E-state index in [1.807, 2.05) is 0 Å². The van der Waals surface area contributed by atoms with Gasteiger partial charge >= 0.3 is 6.18 Å². The fourth-order valence-electron chi connectivity index (χ4n) is 3.02. The first-order valence-electron chi connectivity index (χ1n) is 8.75. The number of nitrogens with zero attached hydrogens (tertiary/aromatic N) is 3. The van der Waals surface area contributed by atoms with E-state index < -0.39 is 21.8 Å². The Morgan fingerprint density at radius 2 is 1.88 bits per heavy atom. The molecule has 32 heavy (non-hydrogen) atoms. The number of halogens is 4. The highest BCUT2D eigenvalue weighted by molar-refractivity contribution is 7.93. The van der Waals surface area contributed by atoms with E-state index in [0.29, 0.717) is 22.0 Å². The number of sulfonamides is 1. The highest BCUT2D eigenvalue weighted by Crippen LogP contribution is 2.39. The van der Waals surface area contributed by atoms with Crippen molar-refractivity contribution in [2.24, 2.45) is 0 Å². The van der Waals surface area contributed by atoms with E-state index in [2.05, 4.69) is 19.9 Å². The molecule has 0 radical (unpaired) electrons. The highest BCUT2D eigenvalue weighted by Gasteiger charge is 2.31. The molecule has 13 heteroatoms. The number of methoxy groups -OCH3 is 1. The summed E-state index contributed by atoms with van der Waals surface area (Å²) in [5, 5.41) is 8.23. The zero-order chi connectivity index (χ0) is 23.1. The number of pyridine rings is 1. The van der Waals surface area contributed by atoms with Gasteiger partial charge in [-0.2, -0.15) is 13.2 Å². The van der Waals surface area contributed by atoms with Gasteiger partial charge in [-0.15, -0.1) is 10.2 Å². The predicted molar refractivity (Wildman–Crippen MR) is 114 cm³/mol. The number of hydrogen-bond donors (Lipinski definition) is 1. The lowest BCUT2D eigenvalue weighted by molar-refractivity contribution is -0.137. The number of alkyl halides is 3. The minimum absolute atomic E-state index is 0.00802. The lowest BCUT2D eigenvalue weighted by Crippen LogP contribution is -2.12. The maximum Gasteiger partial charge on any atom is 0.416 e. The van der Waals surface area contributed by atoms with Crippen molar-refractivity contribution >= 4 is 48.9 Å². The van der Waals surface area contributed by atoms with Crippen molar-refractivity contribution in [2.45, 2.75) is 11.1 Å². The van der Waals surface area contributed by atoms with Gasteiger partial charge in [-0.1, -0.05) is 17.4 Å². The molecular formula is C19H12ClF3N4O3S2. The molecule has 0 spiro atoms. The summed E-state index contributed by atoms with van der Waals surface area (Å²) in [6, 6.07) is 9.00. The van der Waals surface area contributed by atoms with Gasteiger partial charge < -0.3 is 4.74 Å². The third-order valence-electron chi connectivity index (χ3n) is 4.45. The largest absolute Gasteiger partial charge is 0.496 e. The Hall–Kier alpha value is -2.96. The van der Waals surface area contributed by atoms with E-state index in [4.69, 9.17) is 16.3 Å². The molecule has 0 unspecified atom stereocenters. The van der Waals surface area contributed by atoms with Crippen LogP contribution in [-0.2, 0) is 16.2 Å². The molecule has 4 aromatic rings. The topological polar surface area (TPSA) is 94.1 Å². The Balaban J connectivity index is 1.78. The second kappa shape index (κ2) is 8.19. The number of ether oxygens (including phenoxy) is 1. The molecule has 2 aromatic heterocycles. The van der Waals surface area contributed by atoms with E-state index >= 15 is 0 Å². The Labute approximate surface area is 188 Å². The minimum Gasteiger partial charge on any atom is -0.496 e. The Bertz CT molecular complexity index is 1430. The lowest BCUT2D eigenvalue weighted by Gasteiger charge is -2.14. The van der Waals surface area contributed by atoms with Crippen LogP contribution >= 0.6 is 22.9 Å². The Morgan fingerprint density at radius 3 is 2.53 bits per heavy atom. The summed E-state index contributed by atoms with van der Waals surface area (Å²) in [6.07, 6.45) is -3.09. The van der Waals surface area contributed by atoms with Crippen LogP contribution in [-0.4, -0.2) is 30.7 Å². The van der Waals surface area contributed by atoms with Crippen LogP contribution in [0.1, 0.15) is 5.56 Å². The second-order valence-electron chi connectivity index (χ2n) is 6.42. The van der Waals surface area contributed by atoms with E-state index in [9.17, 15) is 21.6 Å². The van der Waals surface area contributed by atoms with Crippen LogP contribution < -0.4 is 9.46 Å². The maximum absolute atomic E-state index is 13.1. The van der Waals surface area contributed by atoms with Crippen molar-refractivity contribution in [3.05, 3.63) is 58.7 Å². The second-order valence-corrected chi connectivity index (χ2v) is 9.66. The molecule has 7 nitrogen and oxygen atoms in total. The number of benzene rings is 2. The molecule has 0 fully saturated rings. The summed E-state index contributed by atoms with van der Waals surface area (Å²) in [5.41, 5.74) is -0.168. The number of anilines is 1. The van der Waals surface area contributed by atoms with Crippen LogP contribution in [0.4, 0.5) is 18.3 Å². The third-order valence-corrected chi connectivity index (χ3v) is 6.85. The standard InChI is InChI=1S/C19H12ClF3N4O3S2/c1-30-15-9-11(19(21,22)23)2-4-14(15)16-13-5-3-12(8-10(13)6-7-24-16)32(28,29)27-18-26-25-17(20)31-18/h2-9H,1H3,(H,26,27). The van der Waals surface area contributed by atoms with Gasteiger partial charge in [0.2, 0.25) is 9.60 Å². The molecule has 166 valence electrons. The summed E-state index contributed by atoms with van der Waals surface area (Å²) < 4.78 is 72.1. The fourth-order valence-corrected chi connectivity index (χ4v) is 5.01. The third kappa shape index (κ3) is 4.33. The van der Waals surface area contributed by atoms with Gasteiger partial charge in [-0.25, -0.2) is 8.42 Å². The van der Waals surface area contributed by atoms with Crippen molar-refractivity contribution in [1.82, 2.24) is 15.2 Å². The first-order chi connectivity index (χ1) is 15.1. The van der Waals surface area contributed by atoms with Gasteiger partial charge in [0.1, 0.15) is 5.75 Å². The average molecular weight is 501 g/mol. The number of hydrogen-bond acceptors (Lipinski definition) is 7. The summed E-state index contributed by atoms with van der Waals surface area (Å²) in [6.45, 7) is 0. The van der Waals surface area contributed by atoms with E-state index in [1.165, 1.54) is 37.6 Å². The van der Waals surface area contributed by atoms with Crippen LogP contribution in [0.5, 0.6) is 5.75 Å². The molecule has 0 amide bonds. The molecule has 0 aliphatic heterocycles. The molecule has 1 N–H and O–H groups in total. The van der Waals surface area contributed by atoms with Gasteiger partial charge in [0.15, 0.2) is 0 Å². The number of aromatic nitrogens is 3. The molecule has 4 rings (SSSR count). The summed E-state index contributed by atoms with van der Waals surface area (Å²) in [4.78, 5) is 4.23. The smallest absolute Gasteiger partial charge is 0.416 e. The first kappa shape index (κ1) is 22.2. The van der Waals surface area contributed by atoms with Crippen molar-refractivity contribution < 1.29 is 26.3 Å². The Morgan fingerprint density at radius 1 is 1.09 bits per heavy atom. The zero-order valence-electron chi connectivity index (χ0n) is 16.0. The molecule has 0 aliphatic rings. The van der Waals surface area contributed by atoms with Gasteiger partial charge in [0.05, 0.1) is 23.3 Å². The van der Waals surface area contributed by atoms with Gasteiger partial charge in [0, 0.05) is 17.1 Å². The predicted octanol–water partition coefficient (Wildman–Crippen LogP) is 5.23. The summed E-state index contributed by atoms with van der Waals surface area (Å²) in [5.74, 6) is -0.00802. The molecule has 0 atom stereocenters. The van der Waals surface area contributed by atoms with Crippen LogP contribution in [0, 0.1) is 0 Å². The van der Waals surface area contributed by atoms with Crippen molar-refractivity contribution in [3.63, 3.8) is 0 Å². The molecular weight excluding hydrogens is 489 g/mol. The highest BCUT2D eigenvalue weighted by atomic mass is 35.5. The molecule has 0 saturated carbocycles. The monoisotopic (exact) mass is 500 g/mol. The van der Waals surface area contributed by atoms with E-state index in [1.54, 1.807) is 6.07 Å². The van der Waals surface area contributed by atoms with Crippen molar-refractivity contribution in [2.75, 3.05) is 11.8 Å². The lowest BCUT2D eigenvalue weighted by atomic mass is 10.0. The molecule has 0 saturated heterocycles. The summed E-state index contributed by atoms with van der Waals surface area (Å²) in [7, 11) is -2.71. The number of nitrogens with one attached hydrogen (secondary N) is 1. The maximum atomic E-state index is 13.1. The molecule has 2 aromatic carbocycles. The van der Waals surface area contributed by atoms with Gasteiger partial charge in [0.25, 0.3) is 10.0 Å². The quantitative estimate of drug-likeness (QED) is 0.403. The first-order valence-corrected chi connectivity index (χ1v) is 11.4. The van der Waals surface area contributed by atoms with Crippen LogP contribution in [0.2, 0.25) is 4.47 Å². The minimum atomic E-state index is -4.52. The normalized spacial score (nSPS) is 12.2. The average Bonchev–Trinajstić information content (AvgIpc) is 3.15. The van der Waals surface area contributed by atoms with Gasteiger partial charge in [-0.05, 0) is 53.4 Å². The van der Waals surface area contributed by atoms with E-state index in [0.717, 1.165) is 23.5 Å². The number of rotatable bonds is 5. The van der Waals surface area contributed by atoms with Crippen LogP contribution in [0.15, 0.2) is 53.6 Å². The van der Waals surface area contributed by atoms with Crippen molar-refractivity contribution in [1.29, 1.82) is 0 Å². The summed E-state index contributed by atoms with van der Waals surface area (Å²) >= 11 is 6.55. The van der Waals surface area contributed by atoms with Gasteiger partial charge in [-0.3, -0.25) is 9.71 Å². The molecule has 0 bridgehead atoms. The number of fused-ring (bicyclic) bond motifs is 1. The molecule has 0 aliphatic carbocycles. The fraction of sp³-hybridized carbons (Fsp3) is 0.105. The zero-order valence-corrected chi connectivity index (χ0v) is 18.4. The SMILES string of the molecule is COc1cc(C(F)(F)F)ccc1-c1nccc2cc(S(=O)(=O)Nc3nnc(Cl)s3)ccc12. The Kier molecular flexibility index (Phi) is 5.69. The van der Waals surface area contributed by atoms with Crippen LogP contribution in [0.25, 0.3) is 22.0 Å². The molecule has 2 heterocycles. The van der Waals surface area contributed by atoms with Crippen molar-refractivity contribution in [3.8, 4) is 17.0 Å². The van der Waals surface area contributed by atoms with E-state index in [-0.39, 0.29) is 20.2 Å².